The standard InChI is InChI=1S/C16H21NO/c1-11-12(2)18-15-13(11)6-5-7-14(15)16(10-17)8-3-4-9-16/h5-7H,3-4,8-10,17H2,1-2H3. The summed E-state index contributed by atoms with van der Waals surface area (Å²) in [4.78, 5) is 0. The highest BCUT2D eigenvalue weighted by Crippen LogP contribution is 2.44. The van der Waals surface area contributed by atoms with Gasteiger partial charge in [0.25, 0.3) is 0 Å². The number of fused-ring (bicyclic) bond motifs is 1. The van der Waals surface area contributed by atoms with Gasteiger partial charge in [-0.3, -0.25) is 0 Å². The first-order chi connectivity index (χ1) is 8.68. The molecule has 1 saturated carbocycles. The Labute approximate surface area is 108 Å². The van der Waals surface area contributed by atoms with Crippen LogP contribution in [0.4, 0.5) is 0 Å². The highest BCUT2D eigenvalue weighted by molar-refractivity contribution is 5.85. The van der Waals surface area contributed by atoms with E-state index < -0.39 is 0 Å². The van der Waals surface area contributed by atoms with Gasteiger partial charge in [0.2, 0.25) is 0 Å². The molecule has 0 saturated heterocycles. The molecule has 18 heavy (non-hydrogen) atoms. The van der Waals surface area contributed by atoms with Crippen LogP contribution in [0.3, 0.4) is 0 Å². The third-order valence-corrected chi connectivity index (χ3v) is 4.73. The minimum absolute atomic E-state index is 0.149. The highest BCUT2D eigenvalue weighted by Gasteiger charge is 2.36. The Hall–Kier alpha value is -1.28. The summed E-state index contributed by atoms with van der Waals surface area (Å²) >= 11 is 0. The molecular formula is C16H21NO. The molecule has 2 N–H and O–H groups in total. The molecule has 2 aromatic rings. The molecule has 2 nitrogen and oxygen atoms in total. The van der Waals surface area contributed by atoms with Gasteiger partial charge in [0.1, 0.15) is 11.3 Å². The van der Waals surface area contributed by atoms with Gasteiger partial charge >= 0.3 is 0 Å². The van der Waals surface area contributed by atoms with E-state index in [9.17, 15) is 0 Å². The Morgan fingerprint density at radius 1 is 1.22 bits per heavy atom. The average molecular weight is 243 g/mol. The molecule has 1 heterocycles. The third-order valence-electron chi connectivity index (χ3n) is 4.73. The maximum atomic E-state index is 6.10. The maximum Gasteiger partial charge on any atom is 0.138 e. The monoisotopic (exact) mass is 243 g/mol. The fourth-order valence-corrected chi connectivity index (χ4v) is 3.41. The molecule has 0 atom stereocenters. The second-order valence-corrected chi connectivity index (χ2v) is 5.66. The smallest absolute Gasteiger partial charge is 0.138 e. The molecule has 1 aliphatic rings. The summed E-state index contributed by atoms with van der Waals surface area (Å²) in [6.07, 6.45) is 4.96. The second kappa shape index (κ2) is 4.13. The molecule has 1 aliphatic carbocycles. The first-order valence-electron chi connectivity index (χ1n) is 6.87. The highest BCUT2D eigenvalue weighted by atomic mass is 16.3. The second-order valence-electron chi connectivity index (χ2n) is 5.66. The first-order valence-corrected chi connectivity index (χ1v) is 6.87. The quantitative estimate of drug-likeness (QED) is 0.870. The Bertz CT molecular complexity index is 576. The molecule has 0 aliphatic heterocycles. The number of benzene rings is 1. The summed E-state index contributed by atoms with van der Waals surface area (Å²) in [6, 6.07) is 6.52. The normalized spacial score (nSPS) is 18.6. The zero-order chi connectivity index (χ0) is 12.8. The van der Waals surface area contributed by atoms with E-state index in [4.69, 9.17) is 10.2 Å². The zero-order valence-electron chi connectivity index (χ0n) is 11.3. The molecule has 1 aromatic carbocycles. The number of hydrogen-bond acceptors (Lipinski definition) is 2. The molecule has 0 bridgehead atoms. The van der Waals surface area contributed by atoms with Crippen molar-refractivity contribution >= 4 is 11.0 Å². The lowest BCUT2D eigenvalue weighted by molar-refractivity contribution is 0.446. The molecule has 3 rings (SSSR count). The van der Waals surface area contributed by atoms with E-state index in [0.29, 0.717) is 0 Å². The molecule has 0 amide bonds. The molecule has 96 valence electrons. The van der Waals surface area contributed by atoms with Crippen LogP contribution in [0.5, 0.6) is 0 Å². The van der Waals surface area contributed by atoms with Gasteiger partial charge in [0.15, 0.2) is 0 Å². The molecule has 2 heteroatoms. The summed E-state index contributed by atoms with van der Waals surface area (Å²) < 4.78 is 6.01. The van der Waals surface area contributed by atoms with E-state index >= 15 is 0 Å². The number of aryl methyl sites for hydroxylation is 2. The maximum absolute atomic E-state index is 6.10. The number of furan rings is 1. The van der Waals surface area contributed by atoms with Crippen molar-refractivity contribution in [1.82, 2.24) is 0 Å². The minimum atomic E-state index is 0.149. The van der Waals surface area contributed by atoms with Crippen LogP contribution in [0.1, 0.15) is 42.6 Å². The largest absolute Gasteiger partial charge is 0.461 e. The molecule has 0 radical (unpaired) electrons. The van der Waals surface area contributed by atoms with Crippen molar-refractivity contribution in [2.45, 2.75) is 44.9 Å². The van der Waals surface area contributed by atoms with Gasteiger partial charge in [-0.15, -0.1) is 0 Å². The lowest BCUT2D eigenvalue weighted by atomic mass is 9.78. The van der Waals surface area contributed by atoms with Crippen LogP contribution in [0, 0.1) is 13.8 Å². The van der Waals surface area contributed by atoms with Crippen molar-refractivity contribution in [1.29, 1.82) is 0 Å². The number of rotatable bonds is 2. The Morgan fingerprint density at radius 3 is 2.61 bits per heavy atom. The molecule has 1 fully saturated rings. The van der Waals surface area contributed by atoms with Gasteiger partial charge in [-0.1, -0.05) is 31.0 Å². The molecule has 1 aromatic heterocycles. The van der Waals surface area contributed by atoms with Gasteiger partial charge in [0.05, 0.1) is 0 Å². The summed E-state index contributed by atoms with van der Waals surface area (Å²) in [5.41, 5.74) is 9.90. The molecule has 0 spiro atoms. The van der Waals surface area contributed by atoms with Crippen LogP contribution in [-0.4, -0.2) is 6.54 Å². The van der Waals surface area contributed by atoms with E-state index in [1.165, 1.54) is 42.2 Å². The summed E-state index contributed by atoms with van der Waals surface area (Å²) in [7, 11) is 0. The fraction of sp³-hybridized carbons (Fsp3) is 0.500. The van der Waals surface area contributed by atoms with Crippen LogP contribution in [-0.2, 0) is 5.41 Å². The van der Waals surface area contributed by atoms with Gasteiger partial charge < -0.3 is 10.2 Å². The van der Waals surface area contributed by atoms with Gasteiger partial charge in [-0.25, -0.2) is 0 Å². The van der Waals surface area contributed by atoms with Crippen LogP contribution in [0.15, 0.2) is 22.6 Å². The topological polar surface area (TPSA) is 39.2 Å². The summed E-state index contributed by atoms with van der Waals surface area (Å²) in [6.45, 7) is 4.91. The van der Waals surface area contributed by atoms with Gasteiger partial charge in [0, 0.05) is 22.9 Å². The van der Waals surface area contributed by atoms with Crippen LogP contribution in [0.25, 0.3) is 11.0 Å². The summed E-state index contributed by atoms with van der Waals surface area (Å²) in [5.74, 6) is 1.03. The number of hydrogen-bond donors (Lipinski definition) is 1. The van der Waals surface area contributed by atoms with Crippen molar-refractivity contribution in [2.75, 3.05) is 6.54 Å². The first kappa shape index (κ1) is 11.8. The fourth-order valence-electron chi connectivity index (χ4n) is 3.41. The van der Waals surface area contributed by atoms with Crippen molar-refractivity contribution in [3.05, 3.63) is 35.1 Å². The van der Waals surface area contributed by atoms with Crippen LogP contribution >= 0.6 is 0 Å². The summed E-state index contributed by atoms with van der Waals surface area (Å²) in [5, 5.41) is 1.25. The van der Waals surface area contributed by atoms with E-state index in [0.717, 1.165) is 17.9 Å². The van der Waals surface area contributed by atoms with E-state index in [-0.39, 0.29) is 5.41 Å². The zero-order valence-corrected chi connectivity index (χ0v) is 11.3. The predicted molar refractivity (Wildman–Crippen MR) is 74.9 cm³/mol. The van der Waals surface area contributed by atoms with Crippen molar-refractivity contribution in [2.24, 2.45) is 5.73 Å². The number of nitrogens with two attached hydrogens (primary N) is 1. The van der Waals surface area contributed by atoms with Gasteiger partial charge in [-0.05, 0) is 32.3 Å². The molecular weight excluding hydrogens is 222 g/mol. The Morgan fingerprint density at radius 2 is 1.94 bits per heavy atom. The Balaban J connectivity index is 2.26. The van der Waals surface area contributed by atoms with Crippen LogP contribution in [0.2, 0.25) is 0 Å². The van der Waals surface area contributed by atoms with Crippen molar-refractivity contribution in [3.63, 3.8) is 0 Å². The van der Waals surface area contributed by atoms with E-state index in [2.05, 4.69) is 25.1 Å². The van der Waals surface area contributed by atoms with Crippen molar-refractivity contribution < 1.29 is 4.42 Å². The van der Waals surface area contributed by atoms with E-state index in [1.54, 1.807) is 0 Å². The Kier molecular flexibility index (Phi) is 2.70. The average Bonchev–Trinajstić information content (AvgIpc) is 2.97. The molecule has 0 unspecified atom stereocenters. The SMILES string of the molecule is Cc1oc2c(C3(CN)CCCC3)cccc2c1C. The van der Waals surface area contributed by atoms with Crippen LogP contribution < -0.4 is 5.73 Å². The lowest BCUT2D eigenvalue weighted by Crippen LogP contribution is -2.32. The third kappa shape index (κ3) is 1.52. The van der Waals surface area contributed by atoms with E-state index in [1.807, 2.05) is 6.92 Å². The van der Waals surface area contributed by atoms with Gasteiger partial charge in [-0.2, -0.15) is 0 Å². The lowest BCUT2D eigenvalue weighted by Gasteiger charge is -2.27. The minimum Gasteiger partial charge on any atom is -0.461 e. The van der Waals surface area contributed by atoms with Crippen molar-refractivity contribution in [3.8, 4) is 0 Å². The predicted octanol–water partition coefficient (Wildman–Crippen LogP) is 3.82. The number of para-hydroxylation sites is 1.